The molecule has 4 unspecified atom stereocenters. The van der Waals surface area contributed by atoms with Gasteiger partial charge in [-0.25, -0.2) is 4.79 Å². The third-order valence-corrected chi connectivity index (χ3v) is 4.07. The maximum absolute atomic E-state index is 12.4. The van der Waals surface area contributed by atoms with Gasteiger partial charge in [-0.1, -0.05) is 0 Å². The summed E-state index contributed by atoms with van der Waals surface area (Å²) < 4.78 is 27.8. The molecule has 0 aliphatic carbocycles. The molecule has 0 radical (unpaired) electrons. The van der Waals surface area contributed by atoms with Crippen molar-refractivity contribution in [2.45, 2.75) is 44.2 Å². The molecule has 0 N–H and O–H groups in total. The number of hydrogen-bond donors (Lipinski definition) is 0. The summed E-state index contributed by atoms with van der Waals surface area (Å²) in [6.07, 6.45) is -2.50. The van der Waals surface area contributed by atoms with Crippen LogP contribution in [-0.2, 0) is 23.7 Å². The zero-order valence-corrected chi connectivity index (χ0v) is 14.0. The minimum atomic E-state index is -0.828. The Labute approximate surface area is 143 Å². The van der Waals surface area contributed by atoms with Crippen LogP contribution in [-0.4, -0.2) is 55.0 Å². The quantitative estimate of drug-likeness (QED) is 0.457. The average molecular weight is 353 g/mol. The number of non-ortho nitro benzene ring substituents is 1. The highest BCUT2D eigenvalue weighted by Crippen LogP contribution is 2.35. The van der Waals surface area contributed by atoms with Crippen molar-refractivity contribution in [2.75, 3.05) is 13.7 Å². The molecule has 1 aromatic carbocycles. The normalized spacial score (nSPS) is 30.5. The number of rotatable bonds is 4. The van der Waals surface area contributed by atoms with Gasteiger partial charge in [-0.3, -0.25) is 10.1 Å². The first-order valence-corrected chi connectivity index (χ1v) is 7.76. The van der Waals surface area contributed by atoms with Gasteiger partial charge in [0, 0.05) is 19.2 Å². The van der Waals surface area contributed by atoms with E-state index in [0.29, 0.717) is 6.61 Å². The highest BCUT2D eigenvalue weighted by atomic mass is 16.8. The Hall–Kier alpha value is -2.07. The van der Waals surface area contributed by atoms with Crippen molar-refractivity contribution in [1.82, 2.24) is 0 Å². The van der Waals surface area contributed by atoms with Crippen LogP contribution >= 0.6 is 0 Å². The van der Waals surface area contributed by atoms with E-state index in [9.17, 15) is 14.9 Å². The summed E-state index contributed by atoms with van der Waals surface area (Å²) >= 11 is 0. The number of nitro benzene ring substituents is 1. The van der Waals surface area contributed by atoms with Crippen LogP contribution < -0.4 is 0 Å². The van der Waals surface area contributed by atoms with Gasteiger partial charge >= 0.3 is 5.97 Å². The van der Waals surface area contributed by atoms with Crippen molar-refractivity contribution < 1.29 is 33.4 Å². The number of nitro groups is 1. The Kier molecular flexibility index (Phi) is 4.74. The minimum absolute atomic E-state index is 0.106. The SMILES string of the molecule is COC1OC2COC(C)(C)OC2C1OC(=O)c1ccc([N+](=O)[O-])cc1. The van der Waals surface area contributed by atoms with E-state index >= 15 is 0 Å². The van der Waals surface area contributed by atoms with Gasteiger partial charge in [-0.15, -0.1) is 0 Å². The number of esters is 1. The number of fused-ring (bicyclic) bond motifs is 1. The van der Waals surface area contributed by atoms with Gasteiger partial charge in [0.15, 0.2) is 18.2 Å². The number of hydrogen-bond acceptors (Lipinski definition) is 8. The standard InChI is InChI=1S/C16H19NO8/c1-16(2)22-8-11-12(25-16)13(15(21-3)23-11)24-14(18)9-4-6-10(7-5-9)17(19)20/h4-7,11-13,15H,8H2,1-3H3. The third kappa shape index (κ3) is 3.64. The highest BCUT2D eigenvalue weighted by molar-refractivity contribution is 5.89. The lowest BCUT2D eigenvalue weighted by molar-refractivity contribution is -0.384. The van der Waals surface area contributed by atoms with Crippen LogP contribution in [0.5, 0.6) is 0 Å². The fourth-order valence-corrected chi connectivity index (χ4v) is 2.84. The van der Waals surface area contributed by atoms with Crippen LogP contribution in [0.4, 0.5) is 5.69 Å². The van der Waals surface area contributed by atoms with Gasteiger partial charge in [0.25, 0.3) is 5.69 Å². The fraction of sp³-hybridized carbons (Fsp3) is 0.562. The molecule has 136 valence electrons. The largest absolute Gasteiger partial charge is 0.450 e. The van der Waals surface area contributed by atoms with Crippen molar-refractivity contribution in [2.24, 2.45) is 0 Å². The molecule has 0 amide bonds. The monoisotopic (exact) mass is 353 g/mol. The molecule has 2 aliphatic rings. The van der Waals surface area contributed by atoms with Gasteiger partial charge in [0.1, 0.15) is 12.2 Å². The molecule has 3 rings (SSSR count). The lowest BCUT2D eigenvalue weighted by Crippen LogP contribution is -2.51. The molecule has 0 bridgehead atoms. The zero-order valence-electron chi connectivity index (χ0n) is 14.0. The number of nitrogens with zero attached hydrogens (tertiary/aromatic N) is 1. The molecule has 0 spiro atoms. The smallest absolute Gasteiger partial charge is 0.338 e. The summed E-state index contributed by atoms with van der Waals surface area (Å²) in [6, 6.07) is 5.16. The molecule has 25 heavy (non-hydrogen) atoms. The van der Waals surface area contributed by atoms with Gasteiger partial charge in [0.05, 0.1) is 17.1 Å². The fourth-order valence-electron chi connectivity index (χ4n) is 2.84. The molecule has 9 heteroatoms. The zero-order chi connectivity index (χ0) is 18.2. The van der Waals surface area contributed by atoms with Crippen molar-refractivity contribution in [1.29, 1.82) is 0 Å². The van der Waals surface area contributed by atoms with Gasteiger partial charge < -0.3 is 23.7 Å². The van der Waals surface area contributed by atoms with E-state index in [1.165, 1.54) is 31.4 Å². The molecule has 4 atom stereocenters. The predicted molar refractivity (Wildman–Crippen MR) is 82.9 cm³/mol. The summed E-state index contributed by atoms with van der Waals surface area (Å²) in [5, 5.41) is 10.7. The van der Waals surface area contributed by atoms with E-state index in [-0.39, 0.29) is 11.3 Å². The molecule has 2 heterocycles. The molecule has 0 saturated carbocycles. The molecule has 2 fully saturated rings. The molecule has 2 aliphatic heterocycles. The van der Waals surface area contributed by atoms with Crippen LogP contribution in [0.15, 0.2) is 24.3 Å². The average Bonchev–Trinajstić information content (AvgIpc) is 2.91. The number of carbonyl (C=O) groups is 1. The van der Waals surface area contributed by atoms with Crippen molar-refractivity contribution in [3.63, 3.8) is 0 Å². The van der Waals surface area contributed by atoms with Crippen molar-refractivity contribution in [3.05, 3.63) is 39.9 Å². The van der Waals surface area contributed by atoms with Crippen LogP contribution in [0, 0.1) is 10.1 Å². The molecule has 2 saturated heterocycles. The first-order valence-electron chi connectivity index (χ1n) is 7.76. The first-order chi connectivity index (χ1) is 11.8. The van der Waals surface area contributed by atoms with E-state index in [2.05, 4.69) is 0 Å². The minimum Gasteiger partial charge on any atom is -0.450 e. The Morgan fingerprint density at radius 2 is 2.00 bits per heavy atom. The second-order valence-electron chi connectivity index (χ2n) is 6.25. The maximum atomic E-state index is 12.4. The summed E-state index contributed by atoms with van der Waals surface area (Å²) in [5.74, 6) is -1.47. The van der Waals surface area contributed by atoms with Crippen LogP contribution in [0.2, 0.25) is 0 Å². The van der Waals surface area contributed by atoms with E-state index < -0.39 is 41.3 Å². The highest BCUT2D eigenvalue weighted by Gasteiger charge is 2.53. The third-order valence-electron chi connectivity index (χ3n) is 4.07. The number of methoxy groups -OCH3 is 1. The molecule has 0 aromatic heterocycles. The Bertz CT molecular complexity index is 659. The number of carbonyl (C=O) groups excluding carboxylic acids is 1. The van der Waals surface area contributed by atoms with E-state index in [1.54, 1.807) is 13.8 Å². The molecular weight excluding hydrogens is 334 g/mol. The Balaban J connectivity index is 1.74. The lowest BCUT2D eigenvalue weighted by atomic mass is 10.1. The maximum Gasteiger partial charge on any atom is 0.338 e. The molecule has 1 aromatic rings. The number of benzene rings is 1. The van der Waals surface area contributed by atoms with Crippen molar-refractivity contribution in [3.8, 4) is 0 Å². The van der Waals surface area contributed by atoms with Gasteiger partial charge in [-0.05, 0) is 26.0 Å². The van der Waals surface area contributed by atoms with Gasteiger partial charge in [-0.2, -0.15) is 0 Å². The second kappa shape index (κ2) is 6.68. The summed E-state index contributed by atoms with van der Waals surface area (Å²) in [4.78, 5) is 22.5. The van der Waals surface area contributed by atoms with E-state index in [0.717, 1.165) is 0 Å². The summed E-state index contributed by atoms with van der Waals surface area (Å²) in [6.45, 7) is 3.82. The predicted octanol–water partition coefficient (Wildman–Crippen LogP) is 1.64. The Morgan fingerprint density at radius 1 is 1.32 bits per heavy atom. The van der Waals surface area contributed by atoms with Gasteiger partial charge in [0.2, 0.25) is 0 Å². The molecular formula is C16H19NO8. The van der Waals surface area contributed by atoms with E-state index in [1.807, 2.05) is 0 Å². The van der Waals surface area contributed by atoms with Crippen LogP contribution in [0.3, 0.4) is 0 Å². The topological polar surface area (TPSA) is 106 Å². The van der Waals surface area contributed by atoms with Crippen LogP contribution in [0.1, 0.15) is 24.2 Å². The Morgan fingerprint density at radius 3 is 2.60 bits per heavy atom. The van der Waals surface area contributed by atoms with Crippen LogP contribution in [0.25, 0.3) is 0 Å². The molecule has 9 nitrogen and oxygen atoms in total. The van der Waals surface area contributed by atoms with Crippen molar-refractivity contribution >= 4 is 11.7 Å². The van der Waals surface area contributed by atoms with E-state index in [4.69, 9.17) is 23.7 Å². The summed E-state index contributed by atoms with van der Waals surface area (Å²) in [7, 11) is 1.45. The number of ether oxygens (including phenoxy) is 5. The first kappa shape index (κ1) is 17.7. The second-order valence-corrected chi connectivity index (χ2v) is 6.25. The summed E-state index contributed by atoms with van der Waals surface area (Å²) in [5.41, 5.74) is 0.0836. The lowest BCUT2D eigenvalue weighted by Gasteiger charge is -2.38.